The summed E-state index contributed by atoms with van der Waals surface area (Å²) in [6.07, 6.45) is 7.43. The van der Waals surface area contributed by atoms with Crippen molar-refractivity contribution in [1.82, 2.24) is 9.97 Å². The van der Waals surface area contributed by atoms with Crippen LogP contribution in [0.15, 0.2) is 48.8 Å². The fourth-order valence-corrected chi connectivity index (χ4v) is 4.35. The molecule has 1 fully saturated rings. The van der Waals surface area contributed by atoms with E-state index in [2.05, 4.69) is 53.5 Å². The van der Waals surface area contributed by atoms with Crippen molar-refractivity contribution >= 4 is 34.1 Å². The number of pyridine rings is 1. The number of aryl methyl sites for hydroxylation is 2. The van der Waals surface area contributed by atoms with E-state index in [0.717, 1.165) is 41.7 Å². The molecule has 1 saturated carbocycles. The molecule has 172 valence electrons. The van der Waals surface area contributed by atoms with Crippen molar-refractivity contribution in [3.63, 3.8) is 0 Å². The zero-order valence-corrected chi connectivity index (χ0v) is 20.2. The molecule has 4 rings (SSSR count). The van der Waals surface area contributed by atoms with Crippen molar-refractivity contribution in [2.75, 3.05) is 10.6 Å². The van der Waals surface area contributed by atoms with Gasteiger partial charge in [-0.15, -0.1) is 11.3 Å². The molecule has 0 spiro atoms. The topological polar surface area (TPSA) is 84.0 Å². The summed E-state index contributed by atoms with van der Waals surface area (Å²) in [5.41, 5.74) is 3.37. The Labute approximate surface area is 198 Å². The van der Waals surface area contributed by atoms with Gasteiger partial charge in [0.2, 0.25) is 11.8 Å². The highest BCUT2D eigenvalue weighted by Gasteiger charge is 2.29. The molecule has 2 amide bonds. The third-order valence-corrected chi connectivity index (χ3v) is 6.61. The van der Waals surface area contributed by atoms with Crippen LogP contribution >= 0.6 is 11.3 Å². The van der Waals surface area contributed by atoms with Crippen molar-refractivity contribution in [2.45, 2.75) is 58.3 Å². The lowest BCUT2D eigenvalue weighted by atomic mass is 9.86. The van der Waals surface area contributed by atoms with Crippen LogP contribution in [0, 0.1) is 5.92 Å². The van der Waals surface area contributed by atoms with E-state index in [-0.39, 0.29) is 23.1 Å². The molecule has 2 heterocycles. The minimum atomic E-state index is -0.0628. The van der Waals surface area contributed by atoms with Crippen LogP contribution in [0.4, 0.5) is 10.9 Å². The van der Waals surface area contributed by atoms with Gasteiger partial charge in [-0.1, -0.05) is 45.0 Å². The largest absolute Gasteiger partial charge is 0.310 e. The molecule has 6 nitrogen and oxygen atoms in total. The number of hydrogen-bond donors (Lipinski definition) is 2. The van der Waals surface area contributed by atoms with Crippen LogP contribution in [0.1, 0.15) is 55.2 Å². The van der Waals surface area contributed by atoms with Gasteiger partial charge in [-0.25, -0.2) is 9.97 Å². The Bertz CT molecular complexity index is 1140. The van der Waals surface area contributed by atoms with Crippen molar-refractivity contribution in [2.24, 2.45) is 5.92 Å². The van der Waals surface area contributed by atoms with Gasteiger partial charge < -0.3 is 10.6 Å². The zero-order chi connectivity index (χ0) is 23.4. The molecule has 0 saturated heterocycles. The van der Waals surface area contributed by atoms with Gasteiger partial charge in [0.25, 0.3) is 0 Å². The van der Waals surface area contributed by atoms with E-state index in [9.17, 15) is 9.59 Å². The Morgan fingerprint density at radius 3 is 2.61 bits per heavy atom. The molecule has 0 bridgehead atoms. The highest BCUT2D eigenvalue weighted by Crippen LogP contribution is 2.30. The number of aromatic nitrogens is 2. The van der Waals surface area contributed by atoms with Crippen LogP contribution in [0.2, 0.25) is 0 Å². The molecular weight excluding hydrogens is 432 g/mol. The Kier molecular flexibility index (Phi) is 6.88. The van der Waals surface area contributed by atoms with Gasteiger partial charge in [-0.2, -0.15) is 0 Å². The molecule has 0 radical (unpaired) electrons. The average Bonchev–Trinajstić information content (AvgIpc) is 3.53. The molecule has 3 aromatic rings. The first-order valence-electron chi connectivity index (χ1n) is 11.4. The molecule has 33 heavy (non-hydrogen) atoms. The predicted molar refractivity (Wildman–Crippen MR) is 133 cm³/mol. The Morgan fingerprint density at radius 1 is 1.03 bits per heavy atom. The SMILES string of the molecule is CC(C)(C)c1cccc(CC(=O)Nc2ncc(CCc3ccnc(NC(=O)C4CC4)c3)s2)c1. The van der Waals surface area contributed by atoms with Crippen LogP contribution in [-0.2, 0) is 34.3 Å². The number of amides is 2. The molecule has 1 aliphatic rings. The molecule has 7 heteroatoms. The van der Waals surface area contributed by atoms with Crippen LogP contribution in [0.3, 0.4) is 0 Å². The number of nitrogens with one attached hydrogen (secondary N) is 2. The van der Waals surface area contributed by atoms with Gasteiger partial charge in [0.15, 0.2) is 5.13 Å². The summed E-state index contributed by atoms with van der Waals surface area (Å²) in [6, 6.07) is 12.1. The fraction of sp³-hybridized carbons (Fsp3) is 0.385. The summed E-state index contributed by atoms with van der Waals surface area (Å²) in [6.45, 7) is 6.50. The van der Waals surface area contributed by atoms with Crippen LogP contribution in [0.5, 0.6) is 0 Å². The lowest BCUT2D eigenvalue weighted by Crippen LogP contribution is -2.15. The summed E-state index contributed by atoms with van der Waals surface area (Å²) >= 11 is 1.50. The fourth-order valence-electron chi connectivity index (χ4n) is 3.52. The van der Waals surface area contributed by atoms with Gasteiger partial charge in [-0.05, 0) is 59.9 Å². The van der Waals surface area contributed by atoms with Gasteiger partial charge in [0.05, 0.1) is 6.42 Å². The summed E-state index contributed by atoms with van der Waals surface area (Å²) in [5.74, 6) is 0.765. The number of nitrogens with zero attached hydrogens (tertiary/aromatic N) is 2. The Hall–Kier alpha value is -3.06. The summed E-state index contributed by atoms with van der Waals surface area (Å²) < 4.78 is 0. The average molecular weight is 463 g/mol. The Balaban J connectivity index is 1.28. The van der Waals surface area contributed by atoms with Crippen molar-refractivity contribution in [3.8, 4) is 0 Å². The maximum atomic E-state index is 12.5. The first-order chi connectivity index (χ1) is 15.8. The molecular formula is C26H30N4O2S. The third-order valence-electron chi connectivity index (χ3n) is 5.64. The molecule has 2 N–H and O–H groups in total. The second kappa shape index (κ2) is 9.83. The lowest BCUT2D eigenvalue weighted by Gasteiger charge is -2.19. The second-order valence-electron chi connectivity index (χ2n) is 9.62. The number of benzene rings is 1. The summed E-state index contributed by atoms with van der Waals surface area (Å²) in [7, 11) is 0. The molecule has 0 aliphatic heterocycles. The van der Waals surface area contributed by atoms with E-state index in [1.165, 1.54) is 16.9 Å². The van der Waals surface area contributed by atoms with Gasteiger partial charge >= 0.3 is 0 Å². The first kappa shape index (κ1) is 23.1. The third kappa shape index (κ3) is 6.71. The molecule has 1 aromatic carbocycles. The van der Waals surface area contributed by atoms with Crippen molar-refractivity contribution in [3.05, 3.63) is 70.4 Å². The quantitative estimate of drug-likeness (QED) is 0.485. The normalized spacial score (nSPS) is 13.5. The van der Waals surface area contributed by atoms with E-state index in [4.69, 9.17) is 0 Å². The predicted octanol–water partition coefficient (Wildman–Crippen LogP) is 5.15. The number of rotatable bonds is 8. The maximum absolute atomic E-state index is 12.5. The number of hydrogen-bond acceptors (Lipinski definition) is 5. The minimum Gasteiger partial charge on any atom is -0.310 e. The zero-order valence-electron chi connectivity index (χ0n) is 19.4. The number of anilines is 2. The van der Waals surface area contributed by atoms with Crippen molar-refractivity contribution in [1.29, 1.82) is 0 Å². The van der Waals surface area contributed by atoms with Crippen LogP contribution in [0.25, 0.3) is 0 Å². The first-order valence-corrected chi connectivity index (χ1v) is 12.2. The van der Waals surface area contributed by atoms with E-state index in [1.54, 1.807) is 6.20 Å². The summed E-state index contributed by atoms with van der Waals surface area (Å²) in [4.78, 5) is 34.2. The molecule has 0 unspecified atom stereocenters. The smallest absolute Gasteiger partial charge is 0.230 e. The van der Waals surface area contributed by atoms with E-state index < -0.39 is 0 Å². The lowest BCUT2D eigenvalue weighted by molar-refractivity contribution is -0.117. The van der Waals surface area contributed by atoms with E-state index in [1.807, 2.05) is 30.5 Å². The number of thiazole rings is 1. The highest BCUT2D eigenvalue weighted by molar-refractivity contribution is 7.15. The molecule has 2 aromatic heterocycles. The van der Waals surface area contributed by atoms with E-state index >= 15 is 0 Å². The number of carbonyl (C=O) groups excluding carboxylic acids is 2. The van der Waals surface area contributed by atoms with Gasteiger partial charge in [0, 0.05) is 23.2 Å². The van der Waals surface area contributed by atoms with Crippen LogP contribution < -0.4 is 10.6 Å². The minimum absolute atomic E-state index is 0.0507. The van der Waals surface area contributed by atoms with Crippen molar-refractivity contribution < 1.29 is 9.59 Å². The van der Waals surface area contributed by atoms with Crippen LogP contribution in [-0.4, -0.2) is 21.8 Å². The monoisotopic (exact) mass is 462 g/mol. The standard InChI is InChI=1S/C26H30N4O2S/c1-26(2,3)20-6-4-5-18(13-20)15-23(31)30-25-28-16-21(33-25)10-7-17-11-12-27-22(14-17)29-24(32)19-8-9-19/h4-6,11-14,16,19H,7-10,15H2,1-3H3,(H,27,29,32)(H,28,30,31). The second-order valence-corrected chi connectivity index (χ2v) is 10.7. The van der Waals surface area contributed by atoms with Gasteiger partial charge in [0.1, 0.15) is 5.82 Å². The highest BCUT2D eigenvalue weighted by atomic mass is 32.1. The summed E-state index contributed by atoms with van der Waals surface area (Å²) in [5, 5.41) is 6.44. The van der Waals surface area contributed by atoms with E-state index in [0.29, 0.717) is 17.4 Å². The maximum Gasteiger partial charge on any atom is 0.230 e. The Morgan fingerprint density at radius 2 is 1.85 bits per heavy atom. The molecule has 0 atom stereocenters. The van der Waals surface area contributed by atoms with Gasteiger partial charge in [-0.3, -0.25) is 9.59 Å². The number of carbonyl (C=O) groups is 2. The molecule has 1 aliphatic carbocycles.